The van der Waals surface area contributed by atoms with Gasteiger partial charge in [-0.2, -0.15) is 13.2 Å². The molecule has 7 heteroatoms. The van der Waals surface area contributed by atoms with E-state index in [0.717, 1.165) is 48.9 Å². The Balaban J connectivity index is 0.000000312. The average Bonchev–Trinajstić information content (AvgIpc) is 3.20. The number of aromatic nitrogens is 1. The standard InChI is InChI=1S/C21H23ClFN.C10H14F3N/c1-4-5-6-16-17-11-18(22)19(23)12-20(17)24-21(16)14(3)15-9-7-13(2)8-10-15;1-4-6-8(3)14-7-9(5-2)10(11,12)13/h7-12,14,24H,4-6H2,1-3H3;5,7H,2,4,6H2,1,3H3/b;9-7+,14-8?. The smallest absolute Gasteiger partial charge is 0.358 e. The zero-order valence-electron chi connectivity index (χ0n) is 22.8. The normalized spacial score (nSPS) is 13.3. The number of benzene rings is 2. The molecule has 0 bridgehead atoms. The third-order valence-corrected chi connectivity index (χ3v) is 6.64. The highest BCUT2D eigenvalue weighted by molar-refractivity contribution is 6.31. The molecule has 3 rings (SSSR count). The second kappa shape index (κ2) is 14.3. The number of rotatable bonds is 9. The van der Waals surface area contributed by atoms with E-state index in [-0.39, 0.29) is 16.8 Å². The highest BCUT2D eigenvalue weighted by atomic mass is 35.5. The molecule has 2 nitrogen and oxygen atoms in total. The first kappa shape index (κ1) is 31.4. The fourth-order valence-electron chi connectivity index (χ4n) is 4.13. The lowest BCUT2D eigenvalue weighted by Gasteiger charge is -2.14. The van der Waals surface area contributed by atoms with Gasteiger partial charge in [-0.1, -0.05) is 87.7 Å². The second-order valence-corrected chi connectivity index (χ2v) is 9.87. The van der Waals surface area contributed by atoms with Crippen molar-refractivity contribution in [1.82, 2.24) is 4.98 Å². The van der Waals surface area contributed by atoms with Crippen LogP contribution in [0.5, 0.6) is 0 Å². The summed E-state index contributed by atoms with van der Waals surface area (Å²) in [7, 11) is 0. The van der Waals surface area contributed by atoms with Crippen molar-refractivity contribution in [3.05, 3.63) is 94.1 Å². The minimum atomic E-state index is -4.36. The Bertz CT molecular complexity index is 1270. The number of aromatic amines is 1. The molecule has 0 spiro atoms. The molecular formula is C31H37ClF4N2. The van der Waals surface area contributed by atoms with E-state index in [1.807, 2.05) is 6.92 Å². The van der Waals surface area contributed by atoms with Crippen LogP contribution in [0.2, 0.25) is 5.02 Å². The van der Waals surface area contributed by atoms with E-state index in [2.05, 4.69) is 61.6 Å². The zero-order valence-corrected chi connectivity index (χ0v) is 23.5. The fraction of sp³-hybridized carbons (Fsp3) is 0.387. The number of hydrogen-bond acceptors (Lipinski definition) is 1. The lowest BCUT2D eigenvalue weighted by atomic mass is 9.92. The van der Waals surface area contributed by atoms with Gasteiger partial charge in [0.1, 0.15) is 5.82 Å². The molecular weight excluding hydrogens is 512 g/mol. The summed E-state index contributed by atoms with van der Waals surface area (Å²) >= 11 is 6.03. The summed E-state index contributed by atoms with van der Waals surface area (Å²) < 4.78 is 50.3. The highest BCUT2D eigenvalue weighted by Gasteiger charge is 2.31. The van der Waals surface area contributed by atoms with E-state index >= 15 is 0 Å². The molecule has 1 aromatic heterocycles. The predicted molar refractivity (Wildman–Crippen MR) is 153 cm³/mol. The van der Waals surface area contributed by atoms with Gasteiger partial charge in [-0.05, 0) is 56.4 Å². The summed E-state index contributed by atoms with van der Waals surface area (Å²) in [6.07, 6.45) is 2.01. The van der Waals surface area contributed by atoms with Gasteiger partial charge in [0.2, 0.25) is 0 Å². The Kier molecular flexibility index (Phi) is 11.8. The third-order valence-electron chi connectivity index (χ3n) is 6.35. The molecule has 1 unspecified atom stereocenters. The van der Waals surface area contributed by atoms with E-state index < -0.39 is 11.7 Å². The van der Waals surface area contributed by atoms with Crippen molar-refractivity contribution in [3.63, 3.8) is 0 Å². The van der Waals surface area contributed by atoms with Crippen molar-refractivity contribution < 1.29 is 17.6 Å². The van der Waals surface area contributed by atoms with Gasteiger partial charge < -0.3 is 4.98 Å². The number of fused-ring (bicyclic) bond motifs is 1. The molecule has 2 aromatic carbocycles. The number of nitrogens with zero attached hydrogens (tertiary/aromatic N) is 1. The third kappa shape index (κ3) is 8.59. The van der Waals surface area contributed by atoms with E-state index in [4.69, 9.17) is 11.6 Å². The summed E-state index contributed by atoms with van der Waals surface area (Å²) in [5, 5.41) is 1.23. The lowest BCUT2D eigenvalue weighted by Crippen LogP contribution is -2.09. The topological polar surface area (TPSA) is 28.1 Å². The van der Waals surface area contributed by atoms with Crippen molar-refractivity contribution in [2.75, 3.05) is 0 Å². The second-order valence-electron chi connectivity index (χ2n) is 9.47. The van der Waals surface area contributed by atoms with Gasteiger partial charge >= 0.3 is 6.18 Å². The van der Waals surface area contributed by atoms with Gasteiger partial charge in [-0.15, -0.1) is 0 Å². The number of nitrogens with one attached hydrogen (secondary N) is 1. The van der Waals surface area contributed by atoms with Crippen LogP contribution >= 0.6 is 11.6 Å². The van der Waals surface area contributed by atoms with Gasteiger partial charge in [0.25, 0.3) is 0 Å². The highest BCUT2D eigenvalue weighted by Crippen LogP contribution is 2.35. The maximum Gasteiger partial charge on any atom is 0.417 e. The molecule has 3 aromatic rings. The molecule has 38 heavy (non-hydrogen) atoms. The van der Waals surface area contributed by atoms with E-state index in [1.165, 1.54) is 28.5 Å². The Labute approximate surface area is 228 Å². The summed E-state index contributed by atoms with van der Waals surface area (Å²) in [5.74, 6) is -0.145. The molecule has 1 heterocycles. The molecule has 0 fully saturated rings. The van der Waals surface area contributed by atoms with Crippen LogP contribution in [0.25, 0.3) is 10.9 Å². The molecule has 1 atom stereocenters. The Morgan fingerprint density at radius 2 is 1.79 bits per heavy atom. The number of allylic oxidation sites excluding steroid dienone is 2. The first-order chi connectivity index (χ1) is 17.9. The van der Waals surface area contributed by atoms with Gasteiger partial charge in [0, 0.05) is 34.4 Å². The molecule has 0 saturated carbocycles. The largest absolute Gasteiger partial charge is 0.417 e. The Morgan fingerprint density at radius 1 is 1.13 bits per heavy atom. The van der Waals surface area contributed by atoms with Crippen LogP contribution in [-0.2, 0) is 6.42 Å². The summed E-state index contributed by atoms with van der Waals surface area (Å²) in [6, 6.07) is 11.9. The first-order valence-corrected chi connectivity index (χ1v) is 13.3. The van der Waals surface area contributed by atoms with Gasteiger partial charge in [0.15, 0.2) is 0 Å². The van der Waals surface area contributed by atoms with Gasteiger partial charge in [-0.3, -0.25) is 4.99 Å². The monoisotopic (exact) mass is 548 g/mol. The van der Waals surface area contributed by atoms with Crippen molar-refractivity contribution in [1.29, 1.82) is 0 Å². The van der Waals surface area contributed by atoms with Crippen LogP contribution in [0.1, 0.15) is 81.7 Å². The summed E-state index contributed by atoms with van der Waals surface area (Å²) in [4.78, 5) is 7.17. The predicted octanol–water partition coefficient (Wildman–Crippen LogP) is 10.6. The molecule has 0 aliphatic rings. The molecule has 1 N–H and O–H groups in total. The number of unbranched alkanes of at least 4 members (excludes halogenated alkanes) is 1. The number of alkyl halides is 3. The molecule has 0 amide bonds. The molecule has 0 saturated heterocycles. The number of aryl methyl sites for hydroxylation is 2. The van der Waals surface area contributed by atoms with Gasteiger partial charge in [0.05, 0.1) is 10.6 Å². The van der Waals surface area contributed by atoms with Crippen molar-refractivity contribution in [3.8, 4) is 0 Å². The van der Waals surface area contributed by atoms with Gasteiger partial charge in [-0.25, -0.2) is 4.39 Å². The quantitative estimate of drug-likeness (QED) is 0.156. The maximum atomic E-state index is 13.9. The summed E-state index contributed by atoms with van der Waals surface area (Å²) in [5.41, 5.74) is 5.66. The maximum absolute atomic E-state index is 13.9. The van der Waals surface area contributed by atoms with Crippen LogP contribution in [-0.4, -0.2) is 16.9 Å². The van der Waals surface area contributed by atoms with E-state index in [1.54, 1.807) is 13.0 Å². The lowest BCUT2D eigenvalue weighted by molar-refractivity contribution is -0.0883. The van der Waals surface area contributed by atoms with Crippen LogP contribution in [0.15, 0.2) is 65.8 Å². The van der Waals surface area contributed by atoms with Crippen molar-refractivity contribution in [2.24, 2.45) is 4.99 Å². The fourth-order valence-corrected chi connectivity index (χ4v) is 4.29. The summed E-state index contributed by atoms with van der Waals surface area (Å²) in [6.45, 7) is 13.2. The Morgan fingerprint density at radius 3 is 2.34 bits per heavy atom. The van der Waals surface area contributed by atoms with Crippen LogP contribution in [0.4, 0.5) is 17.6 Å². The molecule has 0 radical (unpaired) electrons. The minimum absolute atomic E-state index is 0.189. The first-order valence-electron chi connectivity index (χ1n) is 12.9. The Hall–Kier alpha value is -2.86. The number of H-pyrrole nitrogens is 1. The number of aliphatic imine (C=N–C) groups is 1. The number of halogens is 5. The molecule has 0 aliphatic carbocycles. The van der Waals surface area contributed by atoms with Crippen molar-refractivity contribution >= 4 is 28.2 Å². The molecule has 206 valence electrons. The van der Waals surface area contributed by atoms with E-state index in [0.29, 0.717) is 12.1 Å². The van der Waals surface area contributed by atoms with Crippen LogP contribution in [0.3, 0.4) is 0 Å². The SMILES string of the molecule is C=C/C(=C\N=C(C)CCC)C(F)(F)F.CCCCc1c(C(C)c2ccc(C)cc2)[nH]c2cc(F)c(Cl)cc12. The van der Waals surface area contributed by atoms with Crippen molar-refractivity contribution in [2.45, 2.75) is 78.8 Å². The zero-order chi connectivity index (χ0) is 28.5. The van der Waals surface area contributed by atoms with E-state index in [9.17, 15) is 17.6 Å². The number of hydrogen-bond donors (Lipinski definition) is 1. The minimum Gasteiger partial charge on any atom is -0.358 e. The van der Waals surface area contributed by atoms with Crippen LogP contribution < -0.4 is 0 Å². The molecule has 0 aliphatic heterocycles. The average molecular weight is 549 g/mol. The van der Waals surface area contributed by atoms with Crippen LogP contribution in [0, 0.1) is 12.7 Å².